The number of anilines is 2. The Morgan fingerprint density at radius 2 is 1.93 bits per heavy atom. The van der Waals surface area contributed by atoms with Gasteiger partial charge in [0.15, 0.2) is 0 Å². The molecule has 0 saturated carbocycles. The summed E-state index contributed by atoms with van der Waals surface area (Å²) in [4.78, 5) is 24.3. The largest absolute Gasteiger partial charge is 0.445 e. The third-order valence-corrected chi connectivity index (χ3v) is 4.32. The van der Waals surface area contributed by atoms with Crippen molar-refractivity contribution in [3.8, 4) is 0 Å². The highest BCUT2D eigenvalue weighted by Crippen LogP contribution is 2.24. The van der Waals surface area contributed by atoms with Crippen LogP contribution in [0.4, 0.5) is 20.6 Å². The van der Waals surface area contributed by atoms with E-state index in [0.29, 0.717) is 11.4 Å². The van der Waals surface area contributed by atoms with Crippen LogP contribution in [0.1, 0.15) is 12.5 Å². The maximum absolute atomic E-state index is 13.6. The first kappa shape index (κ1) is 19.6. The minimum Gasteiger partial charge on any atom is -0.445 e. The maximum Gasteiger partial charge on any atom is 0.408 e. The number of hydrogen-bond donors (Lipinski definition) is 4. The molecule has 1 aliphatic rings. The molecular formula is C20H23FN4O3. The summed E-state index contributed by atoms with van der Waals surface area (Å²) in [6.07, 6.45) is -0.690. The van der Waals surface area contributed by atoms with Crippen molar-refractivity contribution in [3.63, 3.8) is 0 Å². The van der Waals surface area contributed by atoms with Crippen LogP contribution in [0.5, 0.6) is 0 Å². The van der Waals surface area contributed by atoms with Crippen molar-refractivity contribution >= 4 is 23.4 Å². The van der Waals surface area contributed by atoms with Gasteiger partial charge in [-0.05, 0) is 30.7 Å². The number of alkyl carbamates (subject to hydrolysis) is 1. The van der Waals surface area contributed by atoms with E-state index in [1.165, 1.54) is 18.2 Å². The van der Waals surface area contributed by atoms with Gasteiger partial charge in [-0.25, -0.2) is 9.18 Å². The Balaban J connectivity index is 1.52. The van der Waals surface area contributed by atoms with E-state index >= 15 is 0 Å². The van der Waals surface area contributed by atoms with Crippen LogP contribution < -0.4 is 21.3 Å². The third kappa shape index (κ3) is 5.43. The highest BCUT2D eigenvalue weighted by Gasteiger charge is 2.21. The molecule has 0 bridgehead atoms. The van der Waals surface area contributed by atoms with Crippen molar-refractivity contribution in [1.29, 1.82) is 0 Å². The molecule has 0 unspecified atom stereocenters. The molecule has 2 aromatic carbocycles. The lowest BCUT2D eigenvalue weighted by molar-refractivity contribution is -0.117. The molecular weight excluding hydrogens is 363 g/mol. The van der Waals surface area contributed by atoms with Crippen molar-refractivity contribution in [2.75, 3.05) is 23.7 Å². The Hall–Kier alpha value is -3.13. The van der Waals surface area contributed by atoms with Gasteiger partial charge in [-0.15, -0.1) is 0 Å². The SMILES string of the molecule is C[C@H](NC(=O)OCc1ccccc1)C(=O)Nc1ccc(F)cc1NC1CNC1. The smallest absolute Gasteiger partial charge is 0.408 e. The van der Waals surface area contributed by atoms with Gasteiger partial charge in [0.25, 0.3) is 0 Å². The van der Waals surface area contributed by atoms with Crippen molar-refractivity contribution < 1.29 is 18.7 Å². The second-order valence-corrected chi connectivity index (χ2v) is 6.61. The Kier molecular flexibility index (Phi) is 6.44. The van der Waals surface area contributed by atoms with Gasteiger partial charge in [-0.1, -0.05) is 30.3 Å². The summed E-state index contributed by atoms with van der Waals surface area (Å²) in [5.74, 6) is -0.832. The molecule has 0 radical (unpaired) electrons. The fourth-order valence-corrected chi connectivity index (χ4v) is 2.60. The highest BCUT2D eigenvalue weighted by molar-refractivity contribution is 5.98. The van der Waals surface area contributed by atoms with Gasteiger partial charge >= 0.3 is 6.09 Å². The van der Waals surface area contributed by atoms with Crippen LogP contribution in [0.15, 0.2) is 48.5 Å². The molecule has 8 heteroatoms. The predicted octanol–water partition coefficient (Wildman–Crippen LogP) is 2.46. The molecule has 0 aromatic heterocycles. The first-order valence-electron chi connectivity index (χ1n) is 9.06. The lowest BCUT2D eigenvalue weighted by Crippen LogP contribution is -2.51. The van der Waals surface area contributed by atoms with Crippen molar-refractivity contribution in [2.45, 2.75) is 25.6 Å². The molecule has 1 saturated heterocycles. The fourth-order valence-electron chi connectivity index (χ4n) is 2.60. The van der Waals surface area contributed by atoms with Crippen LogP contribution in [0.25, 0.3) is 0 Å². The van der Waals surface area contributed by atoms with Crippen LogP contribution in [-0.2, 0) is 16.1 Å². The van der Waals surface area contributed by atoms with Gasteiger partial charge in [-0.3, -0.25) is 4.79 Å². The second-order valence-electron chi connectivity index (χ2n) is 6.61. The zero-order chi connectivity index (χ0) is 19.9. The number of amides is 2. The number of rotatable bonds is 7. The van der Waals surface area contributed by atoms with Gasteiger partial charge in [0.2, 0.25) is 5.91 Å². The lowest BCUT2D eigenvalue weighted by atomic mass is 10.1. The van der Waals surface area contributed by atoms with Gasteiger partial charge in [-0.2, -0.15) is 0 Å². The molecule has 2 aromatic rings. The van der Waals surface area contributed by atoms with E-state index in [2.05, 4.69) is 21.3 Å². The van der Waals surface area contributed by atoms with Crippen molar-refractivity contribution in [3.05, 3.63) is 59.9 Å². The van der Waals surface area contributed by atoms with E-state index in [4.69, 9.17) is 4.74 Å². The van der Waals surface area contributed by atoms with Crippen LogP contribution in [0.2, 0.25) is 0 Å². The first-order valence-corrected chi connectivity index (χ1v) is 9.06. The van der Waals surface area contributed by atoms with E-state index < -0.39 is 23.9 Å². The first-order chi connectivity index (χ1) is 13.5. The van der Waals surface area contributed by atoms with E-state index in [0.717, 1.165) is 18.7 Å². The number of carbonyl (C=O) groups is 2. The average molecular weight is 386 g/mol. The summed E-state index contributed by atoms with van der Waals surface area (Å²) in [6, 6.07) is 12.7. The van der Waals surface area contributed by atoms with E-state index in [1.54, 1.807) is 6.92 Å². The molecule has 4 N–H and O–H groups in total. The van der Waals surface area contributed by atoms with E-state index in [1.807, 2.05) is 30.3 Å². The third-order valence-electron chi connectivity index (χ3n) is 4.32. The molecule has 3 rings (SSSR count). The minimum absolute atomic E-state index is 0.114. The minimum atomic E-state index is -0.827. The topological polar surface area (TPSA) is 91.5 Å². The quantitative estimate of drug-likeness (QED) is 0.587. The van der Waals surface area contributed by atoms with Crippen LogP contribution in [-0.4, -0.2) is 37.2 Å². The Labute approximate surface area is 162 Å². The summed E-state index contributed by atoms with van der Waals surface area (Å²) in [7, 11) is 0. The van der Waals surface area contributed by atoms with Gasteiger partial charge < -0.3 is 26.0 Å². The molecule has 1 heterocycles. The molecule has 2 amide bonds. The lowest BCUT2D eigenvalue weighted by Gasteiger charge is -2.30. The van der Waals surface area contributed by atoms with E-state index in [9.17, 15) is 14.0 Å². The van der Waals surface area contributed by atoms with E-state index in [-0.39, 0.29) is 12.6 Å². The normalized spacial score (nSPS) is 14.5. The van der Waals surface area contributed by atoms with Crippen LogP contribution >= 0.6 is 0 Å². The molecule has 1 atom stereocenters. The van der Waals surface area contributed by atoms with Crippen molar-refractivity contribution in [1.82, 2.24) is 10.6 Å². The molecule has 148 valence electrons. The Morgan fingerprint density at radius 3 is 2.61 bits per heavy atom. The molecule has 0 aliphatic carbocycles. The summed E-state index contributed by atoms with van der Waals surface area (Å²) in [6.45, 7) is 3.21. The predicted molar refractivity (Wildman–Crippen MR) is 105 cm³/mol. The zero-order valence-corrected chi connectivity index (χ0v) is 15.5. The standard InChI is InChI=1S/C20H23FN4O3/c1-13(23-20(27)28-12-14-5-3-2-4-6-14)19(26)25-17-8-7-15(21)9-18(17)24-16-10-22-11-16/h2-9,13,16,22,24H,10-12H2,1H3,(H,23,27)(H,25,26)/t13-/m0/s1. The number of carbonyl (C=O) groups excluding carboxylic acids is 2. The zero-order valence-electron chi connectivity index (χ0n) is 15.5. The van der Waals surface area contributed by atoms with Gasteiger partial charge in [0, 0.05) is 13.1 Å². The van der Waals surface area contributed by atoms with Gasteiger partial charge in [0.1, 0.15) is 18.5 Å². The van der Waals surface area contributed by atoms with Crippen molar-refractivity contribution in [2.24, 2.45) is 0 Å². The Bertz CT molecular complexity index is 827. The highest BCUT2D eigenvalue weighted by atomic mass is 19.1. The summed E-state index contributed by atoms with van der Waals surface area (Å²) >= 11 is 0. The molecule has 28 heavy (non-hydrogen) atoms. The van der Waals surface area contributed by atoms with Crippen LogP contribution in [0, 0.1) is 5.82 Å². The Morgan fingerprint density at radius 1 is 1.18 bits per heavy atom. The molecule has 0 spiro atoms. The fraction of sp³-hybridized carbons (Fsp3) is 0.300. The molecule has 1 fully saturated rings. The molecule has 1 aliphatic heterocycles. The number of nitrogens with one attached hydrogen (secondary N) is 4. The summed E-state index contributed by atoms with van der Waals surface area (Å²) in [5.41, 5.74) is 1.80. The summed E-state index contributed by atoms with van der Waals surface area (Å²) in [5, 5.41) is 11.5. The summed E-state index contributed by atoms with van der Waals surface area (Å²) < 4.78 is 18.7. The number of benzene rings is 2. The monoisotopic (exact) mass is 386 g/mol. The number of ether oxygens (including phenoxy) is 1. The molecule has 7 nitrogen and oxygen atoms in total. The van der Waals surface area contributed by atoms with Gasteiger partial charge in [0.05, 0.1) is 17.4 Å². The maximum atomic E-state index is 13.6. The second kappa shape index (κ2) is 9.18. The number of halogens is 1. The average Bonchev–Trinajstić information content (AvgIpc) is 2.65. The van der Waals surface area contributed by atoms with Crippen LogP contribution in [0.3, 0.4) is 0 Å². The number of hydrogen-bond acceptors (Lipinski definition) is 5.